The van der Waals surface area contributed by atoms with Crippen LogP contribution in [0.4, 0.5) is 13.2 Å². The molecule has 166 valence electrons. The number of esters is 1. The Labute approximate surface area is 169 Å². The lowest BCUT2D eigenvalue weighted by atomic mass is 9.89. The van der Waals surface area contributed by atoms with E-state index in [1.54, 1.807) is 13.0 Å². The zero-order chi connectivity index (χ0) is 21.6. The van der Waals surface area contributed by atoms with Crippen molar-refractivity contribution in [2.75, 3.05) is 7.11 Å². The Morgan fingerprint density at radius 1 is 1.41 bits per heavy atom. The predicted octanol–water partition coefficient (Wildman–Crippen LogP) is 3.69. The largest absolute Gasteiger partial charge is 0.491 e. The van der Waals surface area contributed by atoms with Gasteiger partial charge >= 0.3 is 5.97 Å². The predicted molar refractivity (Wildman–Crippen MR) is 101 cm³/mol. The minimum Gasteiger partial charge on any atom is -0.491 e. The van der Waals surface area contributed by atoms with Gasteiger partial charge < -0.3 is 19.7 Å². The quantitative estimate of drug-likeness (QED) is 0.320. The highest BCUT2D eigenvalue weighted by Gasteiger charge is 2.53. The summed E-state index contributed by atoms with van der Waals surface area (Å²) < 4.78 is 52.9. The molecule has 1 unspecified atom stereocenters. The minimum atomic E-state index is -3.26. The summed E-state index contributed by atoms with van der Waals surface area (Å²) in [6, 6.07) is 0. The first-order valence-corrected chi connectivity index (χ1v) is 10.2. The molecule has 8 heteroatoms. The van der Waals surface area contributed by atoms with Gasteiger partial charge in [0.25, 0.3) is 5.92 Å². The number of unbranched alkanes of at least 4 members (excludes halogenated alkanes) is 2. The van der Waals surface area contributed by atoms with Crippen LogP contribution in [0.1, 0.15) is 51.9 Å². The summed E-state index contributed by atoms with van der Waals surface area (Å²) in [5, 5.41) is 20.0. The van der Waals surface area contributed by atoms with Crippen LogP contribution in [0, 0.1) is 11.8 Å². The zero-order valence-corrected chi connectivity index (χ0v) is 16.9. The van der Waals surface area contributed by atoms with Crippen molar-refractivity contribution in [1.82, 2.24) is 0 Å². The first-order chi connectivity index (χ1) is 13.7. The van der Waals surface area contributed by atoms with Crippen molar-refractivity contribution in [3.05, 3.63) is 24.0 Å². The van der Waals surface area contributed by atoms with Gasteiger partial charge in [-0.1, -0.05) is 25.5 Å². The topological polar surface area (TPSA) is 76.0 Å². The molecule has 29 heavy (non-hydrogen) atoms. The number of hydrogen-bond acceptors (Lipinski definition) is 5. The standard InChI is InChI=1S/C21H31F3O5/c1-3-4-11-21(23,24)17(26)10-9-13-14(25)12-16-19(13)20(22)15(29-16)7-5-6-8-18(27)28-2/h7,9-10,13-14,16-17,19-20,25-26H,3-6,8,11-12H2,1-2H3/b10-9+,15-7-/t13-,14+,16+,17+,19+,20?/m0/s1. The Morgan fingerprint density at radius 3 is 2.79 bits per heavy atom. The van der Waals surface area contributed by atoms with Crippen molar-refractivity contribution in [2.24, 2.45) is 11.8 Å². The van der Waals surface area contributed by atoms with Gasteiger partial charge in [-0.25, -0.2) is 13.2 Å². The van der Waals surface area contributed by atoms with Crippen LogP contribution in [0.5, 0.6) is 0 Å². The molecule has 2 rings (SSSR count). The van der Waals surface area contributed by atoms with Gasteiger partial charge in [-0.05, 0) is 25.3 Å². The van der Waals surface area contributed by atoms with Gasteiger partial charge in [-0.3, -0.25) is 4.79 Å². The maximum absolute atomic E-state index is 14.9. The van der Waals surface area contributed by atoms with Crippen LogP contribution in [-0.2, 0) is 14.3 Å². The Balaban J connectivity index is 1.98. The second kappa shape index (κ2) is 10.5. The van der Waals surface area contributed by atoms with Gasteiger partial charge in [0.05, 0.1) is 13.2 Å². The van der Waals surface area contributed by atoms with E-state index in [-0.39, 0.29) is 24.6 Å². The maximum atomic E-state index is 14.9. The van der Waals surface area contributed by atoms with Gasteiger partial charge in [-0.2, -0.15) is 0 Å². The number of carbonyl (C=O) groups is 1. The molecule has 0 spiro atoms. The van der Waals surface area contributed by atoms with Crippen molar-refractivity contribution >= 4 is 5.97 Å². The van der Waals surface area contributed by atoms with Gasteiger partial charge in [0.15, 0.2) is 6.17 Å². The van der Waals surface area contributed by atoms with E-state index in [2.05, 4.69) is 4.74 Å². The molecule has 0 bridgehead atoms. The monoisotopic (exact) mass is 420 g/mol. The van der Waals surface area contributed by atoms with E-state index in [0.717, 1.165) is 6.08 Å². The first-order valence-electron chi connectivity index (χ1n) is 10.2. The number of ether oxygens (including phenoxy) is 2. The molecular formula is C21H31F3O5. The summed E-state index contributed by atoms with van der Waals surface area (Å²) in [5.74, 6) is -4.85. The van der Waals surface area contributed by atoms with Gasteiger partial charge in [-0.15, -0.1) is 0 Å². The molecule has 2 N–H and O–H groups in total. The molecule has 1 aliphatic heterocycles. The number of fused-ring (bicyclic) bond motifs is 1. The van der Waals surface area contributed by atoms with E-state index in [4.69, 9.17) is 4.74 Å². The summed E-state index contributed by atoms with van der Waals surface area (Å²) in [7, 11) is 1.30. The molecule has 0 aromatic carbocycles. The fraction of sp³-hybridized carbons (Fsp3) is 0.762. The van der Waals surface area contributed by atoms with E-state index in [1.165, 1.54) is 13.2 Å². The molecule has 1 aliphatic carbocycles. The molecule has 0 amide bonds. The van der Waals surface area contributed by atoms with Gasteiger partial charge in [0.1, 0.15) is 18.0 Å². The highest BCUT2D eigenvalue weighted by Crippen LogP contribution is 2.47. The summed E-state index contributed by atoms with van der Waals surface area (Å²) >= 11 is 0. The van der Waals surface area contributed by atoms with E-state index in [9.17, 15) is 28.2 Å². The van der Waals surface area contributed by atoms with Crippen LogP contribution in [0.25, 0.3) is 0 Å². The van der Waals surface area contributed by atoms with E-state index < -0.39 is 48.7 Å². The third kappa shape index (κ3) is 5.98. The lowest BCUT2D eigenvalue weighted by molar-refractivity contribution is -0.140. The van der Waals surface area contributed by atoms with Crippen molar-refractivity contribution < 1.29 is 37.7 Å². The molecule has 5 nitrogen and oxygen atoms in total. The number of rotatable bonds is 10. The number of hydrogen-bond donors (Lipinski definition) is 2. The number of methoxy groups -OCH3 is 1. The summed E-state index contributed by atoms with van der Waals surface area (Å²) in [5.41, 5.74) is 0. The smallest absolute Gasteiger partial charge is 0.305 e. The SMILES string of the molecule is CCCCC(F)(F)[C@H](O)/C=C/[C@@H]1[C@H]2C(F)/C(=C/CCCC(=O)OC)O[C@@H]2C[C@H]1O. The Morgan fingerprint density at radius 2 is 2.14 bits per heavy atom. The van der Waals surface area contributed by atoms with Crippen molar-refractivity contribution in [1.29, 1.82) is 0 Å². The number of alkyl halides is 3. The molecule has 2 aliphatic rings. The Hall–Kier alpha value is -1.54. The third-order valence-corrected chi connectivity index (χ3v) is 5.66. The van der Waals surface area contributed by atoms with Crippen LogP contribution < -0.4 is 0 Å². The van der Waals surface area contributed by atoms with Crippen molar-refractivity contribution in [2.45, 2.75) is 82.3 Å². The fourth-order valence-electron chi connectivity index (χ4n) is 3.94. The highest BCUT2D eigenvalue weighted by atomic mass is 19.3. The summed E-state index contributed by atoms with van der Waals surface area (Å²) in [6.07, 6.45) is 0.753. The molecule has 6 atom stereocenters. The number of carbonyl (C=O) groups excluding carboxylic acids is 1. The van der Waals surface area contributed by atoms with E-state index in [0.29, 0.717) is 25.7 Å². The van der Waals surface area contributed by atoms with Crippen LogP contribution in [0.15, 0.2) is 24.0 Å². The molecule has 1 heterocycles. The Bertz CT molecular complexity index is 607. The highest BCUT2D eigenvalue weighted by molar-refractivity contribution is 5.69. The molecule has 0 aromatic heterocycles. The zero-order valence-electron chi connectivity index (χ0n) is 16.9. The molecule has 0 radical (unpaired) electrons. The van der Waals surface area contributed by atoms with Crippen molar-refractivity contribution in [3.63, 3.8) is 0 Å². The number of aliphatic hydroxyl groups is 2. The normalized spacial score (nSPS) is 31.8. The van der Waals surface area contributed by atoms with Crippen LogP contribution >= 0.6 is 0 Å². The fourth-order valence-corrected chi connectivity index (χ4v) is 3.94. The second-order valence-corrected chi connectivity index (χ2v) is 7.78. The molecule has 1 saturated carbocycles. The molecule has 2 fully saturated rings. The lowest BCUT2D eigenvalue weighted by Gasteiger charge is -2.22. The number of halogens is 3. The summed E-state index contributed by atoms with van der Waals surface area (Å²) in [4.78, 5) is 11.1. The third-order valence-electron chi connectivity index (χ3n) is 5.66. The minimum absolute atomic E-state index is 0.156. The van der Waals surface area contributed by atoms with E-state index >= 15 is 0 Å². The average molecular weight is 420 g/mol. The second-order valence-electron chi connectivity index (χ2n) is 7.78. The summed E-state index contributed by atoms with van der Waals surface area (Å²) in [6.45, 7) is 1.79. The number of allylic oxidation sites excluding steroid dienone is 2. The maximum Gasteiger partial charge on any atom is 0.305 e. The van der Waals surface area contributed by atoms with Gasteiger partial charge in [0.2, 0.25) is 0 Å². The van der Waals surface area contributed by atoms with Crippen LogP contribution in [0.3, 0.4) is 0 Å². The van der Waals surface area contributed by atoms with Crippen molar-refractivity contribution in [3.8, 4) is 0 Å². The molecule has 0 aromatic rings. The first kappa shape index (κ1) is 23.7. The molecule has 1 saturated heterocycles. The van der Waals surface area contributed by atoms with Crippen LogP contribution in [-0.4, -0.2) is 53.7 Å². The lowest BCUT2D eigenvalue weighted by Crippen LogP contribution is -2.32. The van der Waals surface area contributed by atoms with Crippen LogP contribution in [0.2, 0.25) is 0 Å². The van der Waals surface area contributed by atoms with Gasteiger partial charge in [0, 0.05) is 31.1 Å². The average Bonchev–Trinajstić information content (AvgIpc) is 3.16. The van der Waals surface area contributed by atoms with E-state index in [1.807, 2.05) is 0 Å². The molecular weight excluding hydrogens is 389 g/mol. The number of aliphatic hydroxyl groups excluding tert-OH is 2. The Kier molecular flexibility index (Phi) is 8.58.